The highest BCUT2D eigenvalue weighted by Gasteiger charge is 2.25. The van der Waals surface area contributed by atoms with Crippen molar-refractivity contribution < 1.29 is 14.6 Å². The van der Waals surface area contributed by atoms with Gasteiger partial charge in [-0.3, -0.25) is 19.9 Å². The van der Waals surface area contributed by atoms with Crippen LogP contribution in [0.3, 0.4) is 0 Å². The molecule has 0 aliphatic carbocycles. The lowest BCUT2D eigenvalue weighted by Crippen LogP contribution is -3.13. The lowest BCUT2D eigenvalue weighted by atomic mass is 10.1. The fourth-order valence-electron chi connectivity index (χ4n) is 2.87. The zero-order valence-corrected chi connectivity index (χ0v) is 13.2. The third-order valence-corrected chi connectivity index (χ3v) is 4.24. The van der Waals surface area contributed by atoms with E-state index in [9.17, 15) is 14.9 Å². The Morgan fingerprint density at radius 3 is 2.46 bits per heavy atom. The summed E-state index contributed by atoms with van der Waals surface area (Å²) >= 11 is 0. The summed E-state index contributed by atoms with van der Waals surface area (Å²) in [5.74, 6) is -0.0678. The molecule has 1 fully saturated rings. The number of nitro benzene ring substituents is 1. The molecular weight excluding hydrogens is 308 g/mol. The van der Waals surface area contributed by atoms with Crippen LogP contribution in [0.25, 0.3) is 0 Å². The van der Waals surface area contributed by atoms with Crippen molar-refractivity contribution in [3.05, 3.63) is 70.0 Å². The van der Waals surface area contributed by atoms with Crippen LogP contribution in [0.2, 0.25) is 0 Å². The summed E-state index contributed by atoms with van der Waals surface area (Å²) in [6.07, 6.45) is 1.79. The molecule has 0 unspecified atom stereocenters. The second kappa shape index (κ2) is 7.18. The third-order valence-electron chi connectivity index (χ3n) is 4.24. The van der Waals surface area contributed by atoms with Gasteiger partial charge in [-0.1, -0.05) is 6.07 Å². The number of hydrogen-bond acceptors (Lipinski definition) is 4. The van der Waals surface area contributed by atoms with Crippen molar-refractivity contribution in [2.75, 3.05) is 26.2 Å². The molecule has 1 aromatic heterocycles. The van der Waals surface area contributed by atoms with Gasteiger partial charge < -0.3 is 9.80 Å². The maximum absolute atomic E-state index is 12.5. The van der Waals surface area contributed by atoms with Gasteiger partial charge in [0.2, 0.25) is 0 Å². The van der Waals surface area contributed by atoms with Gasteiger partial charge in [-0.15, -0.1) is 0 Å². The Morgan fingerprint density at radius 2 is 1.88 bits per heavy atom. The minimum absolute atomic E-state index is 0.00354. The van der Waals surface area contributed by atoms with E-state index in [2.05, 4.69) is 4.98 Å². The number of quaternary nitrogens is 1. The van der Waals surface area contributed by atoms with Crippen LogP contribution >= 0.6 is 0 Å². The minimum Gasteiger partial charge on any atom is -0.327 e. The third kappa shape index (κ3) is 3.75. The van der Waals surface area contributed by atoms with Gasteiger partial charge in [-0.25, -0.2) is 0 Å². The van der Waals surface area contributed by atoms with Crippen LogP contribution in [-0.4, -0.2) is 46.9 Å². The first-order valence-corrected chi connectivity index (χ1v) is 7.91. The van der Waals surface area contributed by atoms with E-state index in [1.807, 2.05) is 23.1 Å². The average molecular weight is 327 g/mol. The molecular formula is C17H19N4O3+. The monoisotopic (exact) mass is 327 g/mol. The van der Waals surface area contributed by atoms with Gasteiger partial charge >= 0.3 is 0 Å². The number of amides is 1. The molecule has 2 aromatic rings. The van der Waals surface area contributed by atoms with Gasteiger partial charge in [0.15, 0.2) is 0 Å². The van der Waals surface area contributed by atoms with Crippen LogP contribution in [0.4, 0.5) is 5.69 Å². The topological polar surface area (TPSA) is 80.8 Å². The Bertz CT molecular complexity index is 710. The Hall–Kier alpha value is -2.80. The molecule has 0 spiro atoms. The number of nitrogens with one attached hydrogen (secondary N) is 1. The summed E-state index contributed by atoms with van der Waals surface area (Å²) in [5.41, 5.74) is 1.55. The van der Waals surface area contributed by atoms with Crippen LogP contribution in [0.15, 0.2) is 48.7 Å². The van der Waals surface area contributed by atoms with Crippen molar-refractivity contribution in [2.24, 2.45) is 0 Å². The molecule has 3 rings (SSSR count). The van der Waals surface area contributed by atoms with E-state index in [4.69, 9.17) is 0 Å². The van der Waals surface area contributed by atoms with Crippen LogP contribution in [0.1, 0.15) is 16.1 Å². The fourth-order valence-corrected chi connectivity index (χ4v) is 2.87. The second-order valence-electron chi connectivity index (χ2n) is 5.84. The molecule has 124 valence electrons. The fraction of sp³-hybridized carbons (Fsp3) is 0.294. The molecule has 7 nitrogen and oxygen atoms in total. The predicted molar refractivity (Wildman–Crippen MR) is 87.6 cm³/mol. The molecule has 0 radical (unpaired) electrons. The number of rotatable bonds is 4. The zero-order valence-electron chi connectivity index (χ0n) is 13.2. The summed E-state index contributed by atoms with van der Waals surface area (Å²) in [6, 6.07) is 11.7. The number of aromatic nitrogens is 1. The van der Waals surface area contributed by atoms with Gasteiger partial charge in [0.1, 0.15) is 6.54 Å². The maximum Gasteiger partial charge on any atom is 0.269 e. The second-order valence-corrected chi connectivity index (χ2v) is 5.84. The Balaban J connectivity index is 1.56. The molecule has 1 aliphatic rings. The van der Waals surface area contributed by atoms with Crippen molar-refractivity contribution in [2.45, 2.75) is 6.54 Å². The molecule has 1 aromatic carbocycles. The molecule has 0 atom stereocenters. The largest absolute Gasteiger partial charge is 0.327 e. The van der Waals surface area contributed by atoms with Crippen LogP contribution in [-0.2, 0) is 6.54 Å². The number of benzene rings is 1. The first kappa shape index (κ1) is 16.1. The van der Waals surface area contributed by atoms with Crippen molar-refractivity contribution in [1.29, 1.82) is 0 Å². The highest BCUT2D eigenvalue weighted by Crippen LogP contribution is 2.13. The van der Waals surface area contributed by atoms with Gasteiger partial charge in [-0.05, 0) is 24.3 Å². The van der Waals surface area contributed by atoms with E-state index in [0.717, 1.165) is 25.3 Å². The number of non-ortho nitro benzene ring substituents is 1. The van der Waals surface area contributed by atoms with E-state index >= 15 is 0 Å². The average Bonchev–Trinajstić information content (AvgIpc) is 2.63. The van der Waals surface area contributed by atoms with E-state index in [-0.39, 0.29) is 11.6 Å². The number of pyridine rings is 1. The van der Waals surface area contributed by atoms with Crippen LogP contribution in [0, 0.1) is 10.1 Å². The minimum atomic E-state index is -0.464. The summed E-state index contributed by atoms with van der Waals surface area (Å²) in [7, 11) is 0. The van der Waals surface area contributed by atoms with Gasteiger partial charge in [0.05, 0.1) is 36.8 Å². The molecule has 1 N–H and O–H groups in total. The number of carbonyl (C=O) groups is 1. The molecule has 0 saturated carbocycles. The summed E-state index contributed by atoms with van der Waals surface area (Å²) < 4.78 is 0. The van der Waals surface area contributed by atoms with E-state index < -0.39 is 4.92 Å². The molecule has 1 aliphatic heterocycles. The number of hydrogen-bond donors (Lipinski definition) is 1. The van der Waals surface area contributed by atoms with Crippen molar-refractivity contribution in [3.63, 3.8) is 0 Å². The maximum atomic E-state index is 12.5. The van der Waals surface area contributed by atoms with Crippen molar-refractivity contribution >= 4 is 11.6 Å². The highest BCUT2D eigenvalue weighted by atomic mass is 16.6. The predicted octanol–water partition coefficient (Wildman–Crippen LogP) is 0.531. The van der Waals surface area contributed by atoms with Crippen molar-refractivity contribution in [1.82, 2.24) is 9.88 Å². The standard InChI is InChI=1S/C17H18N4O3/c22-17(14-4-6-16(7-5-14)21(23)24)20-11-9-19(10-12-20)13-15-3-1-2-8-18-15/h1-8H,9-13H2/p+1. The molecule has 24 heavy (non-hydrogen) atoms. The summed E-state index contributed by atoms with van der Waals surface area (Å²) in [5, 5.41) is 10.7. The van der Waals surface area contributed by atoms with Gasteiger partial charge in [0, 0.05) is 23.9 Å². The molecule has 7 heteroatoms. The van der Waals surface area contributed by atoms with E-state index in [0.29, 0.717) is 18.7 Å². The molecule has 0 bridgehead atoms. The number of nitro groups is 1. The van der Waals surface area contributed by atoms with Crippen LogP contribution in [0.5, 0.6) is 0 Å². The first-order chi connectivity index (χ1) is 11.6. The SMILES string of the molecule is O=C(c1ccc([N+](=O)[O-])cc1)N1CC[NH+](Cc2ccccn2)CC1. The van der Waals surface area contributed by atoms with Crippen LogP contribution < -0.4 is 4.90 Å². The smallest absolute Gasteiger partial charge is 0.269 e. The Morgan fingerprint density at radius 1 is 1.17 bits per heavy atom. The zero-order chi connectivity index (χ0) is 16.9. The first-order valence-electron chi connectivity index (χ1n) is 7.91. The number of piperazine rings is 1. The lowest BCUT2D eigenvalue weighted by Gasteiger charge is -2.32. The molecule has 2 heterocycles. The quantitative estimate of drug-likeness (QED) is 0.656. The van der Waals surface area contributed by atoms with Crippen molar-refractivity contribution in [3.8, 4) is 0 Å². The lowest BCUT2D eigenvalue weighted by molar-refractivity contribution is -0.917. The Labute approximate surface area is 139 Å². The molecule has 1 saturated heterocycles. The van der Waals surface area contributed by atoms with Gasteiger partial charge in [-0.2, -0.15) is 0 Å². The number of carbonyl (C=O) groups excluding carboxylic acids is 1. The Kier molecular flexibility index (Phi) is 4.81. The van der Waals surface area contributed by atoms with Gasteiger partial charge in [0.25, 0.3) is 11.6 Å². The summed E-state index contributed by atoms with van der Waals surface area (Å²) in [6.45, 7) is 3.96. The van der Waals surface area contributed by atoms with E-state index in [1.54, 1.807) is 6.20 Å². The normalized spacial score (nSPS) is 15.2. The highest BCUT2D eigenvalue weighted by molar-refractivity contribution is 5.94. The molecule has 1 amide bonds. The summed E-state index contributed by atoms with van der Waals surface area (Å²) in [4.78, 5) is 30.2. The van der Waals surface area contributed by atoms with E-state index in [1.165, 1.54) is 29.2 Å². The number of nitrogens with zero attached hydrogens (tertiary/aromatic N) is 3.